The van der Waals surface area contributed by atoms with E-state index in [1.165, 1.54) is 18.4 Å². The third kappa shape index (κ3) is 9.10. The van der Waals surface area contributed by atoms with Crippen LogP contribution in [0.25, 0.3) is 0 Å². The van der Waals surface area contributed by atoms with Gasteiger partial charge in [0.2, 0.25) is 0 Å². The van der Waals surface area contributed by atoms with Gasteiger partial charge < -0.3 is 20.3 Å². The number of hydrogen-bond donors (Lipinski definition) is 3. The number of halogens is 1. The molecule has 0 aromatic heterocycles. The van der Waals surface area contributed by atoms with E-state index in [2.05, 4.69) is 68.5 Å². The first-order valence-corrected chi connectivity index (χ1v) is 11.0. The van der Waals surface area contributed by atoms with Crippen molar-refractivity contribution in [3.8, 4) is 18.1 Å². The van der Waals surface area contributed by atoms with Crippen molar-refractivity contribution in [3.63, 3.8) is 0 Å². The smallest absolute Gasteiger partial charge is 0.414 e. The Balaban J connectivity index is 0.000000534. The average Bonchev–Trinajstić information content (AvgIpc) is 2.79. The summed E-state index contributed by atoms with van der Waals surface area (Å²) in [4.78, 5) is 20.7. The van der Waals surface area contributed by atoms with Crippen molar-refractivity contribution in [2.45, 2.75) is 32.0 Å². The van der Waals surface area contributed by atoms with E-state index >= 15 is 0 Å². The fourth-order valence-electron chi connectivity index (χ4n) is 3.34. The molecule has 0 unspecified atom stereocenters. The summed E-state index contributed by atoms with van der Waals surface area (Å²) in [7, 11) is 0. The van der Waals surface area contributed by atoms with Crippen LogP contribution in [-0.2, 0) is 22.7 Å². The molecule has 2 aromatic rings. The molecule has 1 aliphatic heterocycles. The van der Waals surface area contributed by atoms with Crippen molar-refractivity contribution < 1.29 is 24.5 Å². The predicted octanol–water partition coefficient (Wildman–Crippen LogP) is 3.37. The fraction of sp³-hybridized carbons (Fsp3) is 0.333. The zero-order valence-electron chi connectivity index (χ0n) is 17.7. The SMILES string of the molecule is C#CCOc1ccc(Br)cc1CNC1CCN(Cc2ccccc2)CC1.O=C(O)C(=O)O. The highest BCUT2D eigenvalue weighted by Crippen LogP contribution is 2.24. The number of ether oxygens (including phenoxy) is 1. The van der Waals surface area contributed by atoms with Crippen LogP contribution in [0.3, 0.4) is 0 Å². The predicted molar refractivity (Wildman–Crippen MR) is 125 cm³/mol. The first kappa shape index (κ1) is 25.4. The van der Waals surface area contributed by atoms with Crippen molar-refractivity contribution in [2.75, 3.05) is 19.7 Å². The Morgan fingerprint density at radius 2 is 1.78 bits per heavy atom. The van der Waals surface area contributed by atoms with Gasteiger partial charge in [-0.2, -0.15) is 0 Å². The number of hydrogen-bond acceptors (Lipinski definition) is 5. The first-order valence-electron chi connectivity index (χ1n) is 10.2. The van der Waals surface area contributed by atoms with E-state index in [1.807, 2.05) is 12.1 Å². The van der Waals surface area contributed by atoms with Gasteiger partial charge in [0.15, 0.2) is 0 Å². The van der Waals surface area contributed by atoms with Gasteiger partial charge in [-0.15, -0.1) is 6.42 Å². The second-order valence-electron chi connectivity index (χ2n) is 7.27. The summed E-state index contributed by atoms with van der Waals surface area (Å²) in [6, 6.07) is 17.3. The normalized spacial score (nSPS) is 14.0. The fourth-order valence-corrected chi connectivity index (χ4v) is 3.75. The molecule has 0 atom stereocenters. The number of likely N-dealkylation sites (tertiary alicyclic amines) is 1. The van der Waals surface area contributed by atoms with E-state index in [4.69, 9.17) is 31.0 Å². The van der Waals surface area contributed by atoms with E-state index in [9.17, 15) is 0 Å². The number of carboxylic acids is 2. The number of rotatable bonds is 7. The van der Waals surface area contributed by atoms with Crippen molar-refractivity contribution in [1.29, 1.82) is 0 Å². The third-order valence-corrected chi connectivity index (χ3v) is 5.43. The number of piperidine rings is 1. The maximum absolute atomic E-state index is 9.10. The van der Waals surface area contributed by atoms with E-state index in [0.29, 0.717) is 12.6 Å². The number of carbonyl (C=O) groups is 2. The van der Waals surface area contributed by atoms with Gasteiger partial charge >= 0.3 is 11.9 Å². The Bertz CT molecular complexity index is 910. The van der Waals surface area contributed by atoms with Crippen LogP contribution >= 0.6 is 15.9 Å². The molecule has 1 aliphatic rings. The molecule has 0 aliphatic carbocycles. The molecule has 32 heavy (non-hydrogen) atoms. The molecular formula is C24H27BrN2O5. The molecular weight excluding hydrogens is 476 g/mol. The van der Waals surface area contributed by atoms with Gasteiger partial charge in [0.25, 0.3) is 0 Å². The molecule has 0 radical (unpaired) electrons. The second-order valence-corrected chi connectivity index (χ2v) is 8.19. The Kier molecular flexibility index (Phi) is 10.7. The number of carboxylic acid groups (broad SMARTS) is 2. The number of nitrogens with zero attached hydrogens (tertiary/aromatic N) is 1. The van der Waals surface area contributed by atoms with E-state index in [1.54, 1.807) is 0 Å². The average molecular weight is 503 g/mol. The molecule has 7 nitrogen and oxygen atoms in total. The van der Waals surface area contributed by atoms with Crippen molar-refractivity contribution in [3.05, 3.63) is 64.1 Å². The zero-order chi connectivity index (χ0) is 23.3. The monoisotopic (exact) mass is 502 g/mol. The topological polar surface area (TPSA) is 99.1 Å². The maximum Gasteiger partial charge on any atom is 0.414 e. The Labute approximate surface area is 196 Å². The highest BCUT2D eigenvalue weighted by atomic mass is 79.9. The van der Waals surface area contributed by atoms with E-state index in [-0.39, 0.29) is 0 Å². The lowest BCUT2D eigenvalue weighted by Crippen LogP contribution is -2.41. The van der Waals surface area contributed by atoms with Gasteiger partial charge in [-0.05, 0) is 49.7 Å². The number of aliphatic carboxylic acids is 2. The summed E-state index contributed by atoms with van der Waals surface area (Å²) in [5, 5.41) is 18.5. The number of benzene rings is 2. The highest BCUT2D eigenvalue weighted by Gasteiger charge is 2.19. The van der Waals surface area contributed by atoms with Gasteiger partial charge in [-0.25, -0.2) is 9.59 Å². The van der Waals surface area contributed by atoms with Crippen molar-refractivity contribution in [2.24, 2.45) is 0 Å². The van der Waals surface area contributed by atoms with Gasteiger partial charge in [-0.1, -0.05) is 52.2 Å². The summed E-state index contributed by atoms with van der Waals surface area (Å²) in [6.07, 6.45) is 7.65. The number of nitrogens with one attached hydrogen (secondary N) is 1. The molecule has 170 valence electrons. The van der Waals surface area contributed by atoms with Crippen molar-refractivity contribution in [1.82, 2.24) is 10.2 Å². The van der Waals surface area contributed by atoms with Gasteiger partial charge in [0.05, 0.1) is 0 Å². The summed E-state index contributed by atoms with van der Waals surface area (Å²) >= 11 is 3.54. The second kappa shape index (κ2) is 13.5. The quantitative estimate of drug-likeness (QED) is 0.394. The molecule has 1 fully saturated rings. The maximum atomic E-state index is 9.10. The highest BCUT2D eigenvalue weighted by molar-refractivity contribution is 9.10. The molecule has 8 heteroatoms. The minimum Gasteiger partial charge on any atom is -0.481 e. The molecule has 0 amide bonds. The molecule has 2 aromatic carbocycles. The van der Waals surface area contributed by atoms with Crippen molar-refractivity contribution >= 4 is 27.9 Å². The lowest BCUT2D eigenvalue weighted by atomic mass is 10.0. The molecule has 0 spiro atoms. The Hall–Kier alpha value is -2.86. The van der Waals surface area contributed by atoms with E-state index < -0.39 is 11.9 Å². The summed E-state index contributed by atoms with van der Waals surface area (Å²) in [6.45, 7) is 4.40. The van der Waals surface area contributed by atoms with Crippen LogP contribution in [-0.4, -0.2) is 52.8 Å². The summed E-state index contributed by atoms with van der Waals surface area (Å²) in [5.74, 6) is -0.258. The Morgan fingerprint density at radius 3 is 2.38 bits per heavy atom. The van der Waals surface area contributed by atoms with Crippen LogP contribution < -0.4 is 10.1 Å². The van der Waals surface area contributed by atoms with Gasteiger partial charge in [0, 0.05) is 29.2 Å². The molecule has 0 bridgehead atoms. The minimum absolute atomic E-state index is 0.298. The van der Waals surface area contributed by atoms with Gasteiger partial charge in [-0.3, -0.25) is 4.90 Å². The van der Waals surface area contributed by atoms with E-state index in [0.717, 1.165) is 42.0 Å². The first-order chi connectivity index (χ1) is 15.4. The molecule has 1 heterocycles. The summed E-state index contributed by atoms with van der Waals surface area (Å²) < 4.78 is 6.72. The van der Waals surface area contributed by atoms with Crippen LogP contribution in [0.4, 0.5) is 0 Å². The third-order valence-electron chi connectivity index (χ3n) is 4.93. The molecule has 1 saturated heterocycles. The minimum atomic E-state index is -1.82. The van der Waals surface area contributed by atoms with Crippen LogP contribution in [0.2, 0.25) is 0 Å². The van der Waals surface area contributed by atoms with Crippen LogP contribution in [0, 0.1) is 12.3 Å². The van der Waals surface area contributed by atoms with Crippen LogP contribution in [0.1, 0.15) is 24.0 Å². The Morgan fingerprint density at radius 1 is 1.12 bits per heavy atom. The van der Waals surface area contributed by atoms with Crippen LogP contribution in [0.5, 0.6) is 5.75 Å². The molecule has 3 rings (SSSR count). The molecule has 0 saturated carbocycles. The standard InChI is InChI=1S/C22H25BrN2O.C2H2O4/c1-2-14-26-22-9-8-20(23)15-19(22)16-24-21-10-12-25(13-11-21)17-18-6-4-3-5-7-18;3-1(4)2(5)6/h1,3-9,15,21,24H,10-14,16-17H2;(H,3,4)(H,5,6). The zero-order valence-corrected chi connectivity index (χ0v) is 19.3. The van der Waals surface area contributed by atoms with Crippen LogP contribution in [0.15, 0.2) is 53.0 Å². The largest absolute Gasteiger partial charge is 0.481 e. The molecule has 3 N–H and O–H groups in total. The van der Waals surface area contributed by atoms with Gasteiger partial charge in [0.1, 0.15) is 12.4 Å². The lowest BCUT2D eigenvalue weighted by Gasteiger charge is -2.32. The lowest BCUT2D eigenvalue weighted by molar-refractivity contribution is -0.159. The number of terminal acetylenes is 1. The summed E-state index contributed by atoms with van der Waals surface area (Å²) in [5.41, 5.74) is 2.53.